The molecule has 1 aliphatic carbocycles. The normalized spacial score (nSPS) is 26.4. The highest BCUT2D eigenvalue weighted by atomic mass is 32.5. The lowest BCUT2D eigenvalue weighted by molar-refractivity contribution is -0.118. The van der Waals surface area contributed by atoms with Crippen molar-refractivity contribution in [2.75, 3.05) is 30.5 Å². The summed E-state index contributed by atoms with van der Waals surface area (Å²) in [7, 11) is -5.92. The Hall–Kier alpha value is -3.23. The molecule has 3 aromatic rings. The van der Waals surface area contributed by atoms with Crippen LogP contribution in [0.3, 0.4) is 0 Å². The van der Waals surface area contributed by atoms with Gasteiger partial charge in [0, 0.05) is 22.6 Å². The van der Waals surface area contributed by atoms with Gasteiger partial charge in [-0.25, -0.2) is 19.3 Å². The van der Waals surface area contributed by atoms with Crippen LogP contribution < -0.4 is 16.2 Å². The molecule has 3 aromatic heterocycles. The number of ether oxygens (including phenoxy) is 1. The first-order valence-electron chi connectivity index (χ1n) is 18.4. The molecule has 1 aliphatic heterocycles. The van der Waals surface area contributed by atoms with Gasteiger partial charge in [-0.15, -0.1) is 9.42 Å². The Morgan fingerprint density at radius 1 is 1.28 bits per heavy atom. The number of hydrogen-bond acceptors (Lipinski definition) is 17. The van der Waals surface area contributed by atoms with Gasteiger partial charge < -0.3 is 28.6 Å². The fourth-order valence-electron chi connectivity index (χ4n) is 6.12. The van der Waals surface area contributed by atoms with Crippen molar-refractivity contribution in [3.8, 4) is 6.07 Å². The van der Waals surface area contributed by atoms with Gasteiger partial charge in [0.2, 0.25) is 11.9 Å². The lowest BCUT2D eigenvalue weighted by Gasteiger charge is -2.41. The molecule has 0 radical (unpaired) electrons. The Kier molecular flexibility index (Phi) is 15.0. The third-order valence-electron chi connectivity index (χ3n) is 10.2. The Labute approximate surface area is 340 Å². The van der Waals surface area contributed by atoms with Gasteiger partial charge in [-0.1, -0.05) is 34.6 Å². The Morgan fingerprint density at radius 2 is 2.02 bits per heavy atom. The number of carbonyl (C=O) groups is 1. The van der Waals surface area contributed by atoms with Gasteiger partial charge in [-0.05, 0) is 42.4 Å². The van der Waals surface area contributed by atoms with Gasteiger partial charge in [0.1, 0.15) is 30.5 Å². The zero-order valence-electron chi connectivity index (χ0n) is 33.0. The van der Waals surface area contributed by atoms with Crippen LogP contribution in [-0.2, 0) is 48.4 Å². The van der Waals surface area contributed by atoms with Crippen molar-refractivity contribution in [1.29, 1.82) is 5.26 Å². The molecule has 5 N–H and O–H groups in total. The van der Waals surface area contributed by atoms with Gasteiger partial charge in [0.15, 0.2) is 38.0 Å². The molecule has 2 aliphatic rings. The maximum atomic E-state index is 15.9. The van der Waals surface area contributed by atoms with Crippen LogP contribution in [0.4, 0.5) is 16.2 Å². The van der Waals surface area contributed by atoms with Crippen molar-refractivity contribution >= 4 is 63.9 Å². The van der Waals surface area contributed by atoms with E-state index in [2.05, 4.69) is 35.6 Å². The molecule has 0 spiro atoms. The van der Waals surface area contributed by atoms with Gasteiger partial charge in [-0.2, -0.15) is 10.2 Å². The third-order valence-corrected chi connectivity index (χ3v) is 17.4. The summed E-state index contributed by atoms with van der Waals surface area (Å²) >= 11 is 5.97. The van der Waals surface area contributed by atoms with E-state index >= 15 is 4.39 Å². The Bertz CT molecular complexity index is 2070. The van der Waals surface area contributed by atoms with Crippen molar-refractivity contribution in [2.45, 2.75) is 108 Å². The molecule has 1 amide bonds. The monoisotopic (exact) mass is 888 g/mol. The fraction of sp³-hybridized carbons (Fsp3) is 0.667. The number of H-pyrrole nitrogens is 1. The Balaban J connectivity index is 1.53. The second-order valence-electron chi connectivity index (χ2n) is 15.6. The van der Waals surface area contributed by atoms with Gasteiger partial charge in [0.25, 0.3) is 5.56 Å². The number of alkyl halides is 1. The SMILES string of the molecule is CC(C)C(=O)Nc1nc2c(ncn2[C@@H]2O[C@H](CO)[C@@H](O[Si](C)(C)C(C)(C)C)[C@H]2O[P@](=S)(OCCC#N)OC[C@H]2C[C@@H](Nc3ccncn3)[C@@H](F)[C@@H]2O[P+](=O)O)c(=O)[nH]1. The second-order valence-corrected chi connectivity index (χ2v) is 24.0. The van der Waals surface area contributed by atoms with Crippen LogP contribution >= 0.6 is 15.0 Å². The lowest BCUT2D eigenvalue weighted by Crippen LogP contribution is -2.50. The van der Waals surface area contributed by atoms with Crippen molar-refractivity contribution in [3.63, 3.8) is 0 Å². The number of anilines is 2. The number of nitrogens with zero attached hydrogens (tertiary/aromatic N) is 6. The highest BCUT2D eigenvalue weighted by molar-refractivity contribution is 8.07. The predicted molar refractivity (Wildman–Crippen MR) is 213 cm³/mol. The number of carbonyl (C=O) groups excluding carboxylic acids is 1. The number of fused-ring (bicyclic) bond motifs is 1. The molecule has 1 saturated heterocycles. The lowest BCUT2D eigenvalue weighted by atomic mass is 10.1. The summed E-state index contributed by atoms with van der Waals surface area (Å²) in [4.78, 5) is 54.5. The average Bonchev–Trinajstić information content (AvgIpc) is 3.80. The van der Waals surface area contributed by atoms with Crippen LogP contribution in [0.1, 0.15) is 53.7 Å². The van der Waals surface area contributed by atoms with Crippen molar-refractivity contribution < 1.29 is 51.0 Å². The molecule has 5 rings (SSSR count). The minimum atomic E-state index is -4.02. The molecule has 1 unspecified atom stereocenters. The number of aromatic amines is 1. The van der Waals surface area contributed by atoms with Crippen LogP contribution in [0.2, 0.25) is 18.1 Å². The van der Waals surface area contributed by atoms with Crippen LogP contribution in [0.15, 0.2) is 29.7 Å². The number of hydrogen-bond donors (Lipinski definition) is 5. The summed E-state index contributed by atoms with van der Waals surface area (Å²) in [5.74, 6) is -1.52. The first-order valence-corrected chi connectivity index (χ1v) is 25.0. The minimum absolute atomic E-state index is 0.00836. The molecule has 318 valence electrons. The number of amides is 1. The fourth-order valence-corrected chi connectivity index (χ4v) is 10.0. The molecule has 2 fully saturated rings. The average molecular weight is 889 g/mol. The van der Waals surface area contributed by atoms with Crippen molar-refractivity contribution in [3.05, 3.63) is 35.3 Å². The number of aliphatic hydroxyl groups is 1. The first kappa shape index (κ1) is 45.8. The van der Waals surface area contributed by atoms with E-state index in [0.717, 1.165) is 0 Å². The quantitative estimate of drug-likeness (QED) is 0.0680. The molecular weight excluding hydrogens is 840 g/mol. The van der Waals surface area contributed by atoms with E-state index in [0.29, 0.717) is 5.82 Å². The van der Waals surface area contributed by atoms with E-state index in [1.165, 1.54) is 29.5 Å². The number of nitrogens with one attached hydrogen (secondary N) is 3. The number of aliphatic hydroxyl groups excluding tert-OH is 1. The molecule has 10 atom stereocenters. The maximum absolute atomic E-state index is 15.9. The molecule has 0 aromatic carbocycles. The van der Waals surface area contributed by atoms with Gasteiger partial charge in [-0.3, -0.25) is 29.0 Å². The summed E-state index contributed by atoms with van der Waals surface area (Å²) in [6.07, 6.45) is -3.79. The summed E-state index contributed by atoms with van der Waals surface area (Å²) < 4.78 is 66.4. The molecule has 4 heterocycles. The summed E-state index contributed by atoms with van der Waals surface area (Å²) in [5.41, 5.74) is -0.762. The highest BCUT2D eigenvalue weighted by Gasteiger charge is 2.55. The van der Waals surface area contributed by atoms with E-state index in [-0.39, 0.29) is 48.2 Å². The van der Waals surface area contributed by atoms with Gasteiger partial charge >= 0.3 is 15.0 Å². The second kappa shape index (κ2) is 19.0. The number of rotatable bonds is 18. The Morgan fingerprint density at radius 3 is 2.64 bits per heavy atom. The smallest absolute Gasteiger partial charge is 0.408 e. The summed E-state index contributed by atoms with van der Waals surface area (Å²) in [5, 5.41) is 25.3. The van der Waals surface area contributed by atoms with Crippen molar-refractivity contribution in [1.82, 2.24) is 29.5 Å². The van der Waals surface area contributed by atoms with Crippen LogP contribution in [-0.4, -0.2) is 110 Å². The molecule has 0 bridgehead atoms. The van der Waals surface area contributed by atoms with E-state index in [9.17, 15) is 29.4 Å². The first-order chi connectivity index (χ1) is 27.3. The highest BCUT2D eigenvalue weighted by Crippen LogP contribution is 2.56. The zero-order chi connectivity index (χ0) is 42.6. The maximum Gasteiger partial charge on any atom is 0.695 e. The van der Waals surface area contributed by atoms with Crippen molar-refractivity contribution in [2.24, 2.45) is 11.8 Å². The number of imidazole rings is 1. The molecule has 58 heavy (non-hydrogen) atoms. The summed E-state index contributed by atoms with van der Waals surface area (Å²) in [6.45, 7) is 8.22. The number of aromatic nitrogens is 6. The molecule has 1 saturated carbocycles. The topological polar surface area (TPSA) is 267 Å². The van der Waals surface area contributed by atoms with E-state index in [1.807, 2.05) is 39.9 Å². The van der Waals surface area contributed by atoms with Crippen LogP contribution in [0.5, 0.6) is 0 Å². The van der Waals surface area contributed by atoms with Crippen LogP contribution in [0.25, 0.3) is 11.2 Å². The standard InChI is InChI=1S/C33H48FN9O11P2SSi/c1-18(2)29(45)41-32-40-28-24(30(46)42-32)38-17-43(28)31-27(26(21(14-44)51-31)54-58(6,7)33(3,4)5)53-56(57,49-12-8-10-35)50-15-19-13-20(23(34)25(19)52-55(47)48)39-22-9-11-36-16-37-22/h9,11,16-21,23,25-27,31,44H,8,12-15H2,1-7H3,(H3-,36,37,39,40,41,42,45,46,47,48)/p+1/t19-,20-,21-,23-,25-,26-,27-,31-,56+/m1/s1. The molecule has 25 heteroatoms. The largest absolute Gasteiger partial charge is 0.695 e. The zero-order valence-corrected chi connectivity index (χ0v) is 36.6. The van der Waals surface area contributed by atoms with Gasteiger partial charge in [0.05, 0.1) is 44.7 Å². The van der Waals surface area contributed by atoms with E-state index < -0.39 is 96.1 Å². The van der Waals surface area contributed by atoms with E-state index in [4.69, 9.17) is 39.1 Å². The molecule has 20 nitrogen and oxygen atoms in total. The third kappa shape index (κ3) is 10.7. The number of halogens is 1. The predicted octanol–water partition coefficient (Wildman–Crippen LogP) is 4.21. The van der Waals surface area contributed by atoms with E-state index in [1.54, 1.807) is 13.8 Å². The summed E-state index contributed by atoms with van der Waals surface area (Å²) in [6, 6.07) is 2.60. The number of nitriles is 1. The molecular formula is C33H49FN9O11P2SSi+. The van der Waals surface area contributed by atoms with Crippen LogP contribution in [0, 0.1) is 23.2 Å². The minimum Gasteiger partial charge on any atom is -0.408 e.